The Labute approximate surface area is 150 Å². The number of hydrogen-bond donors (Lipinski definition) is 0. The van der Waals surface area contributed by atoms with Crippen molar-refractivity contribution in [3.63, 3.8) is 0 Å². The summed E-state index contributed by atoms with van der Waals surface area (Å²) in [4.78, 5) is 12.3. The van der Waals surface area contributed by atoms with E-state index in [1.807, 2.05) is 22.6 Å². The molecule has 0 unspecified atom stereocenters. The van der Waals surface area contributed by atoms with Crippen molar-refractivity contribution in [3.8, 4) is 5.75 Å². The molecule has 3 nitrogen and oxygen atoms in total. The maximum Gasteiger partial charge on any atom is 0.422 e. The number of benzene rings is 1. The Morgan fingerprint density at radius 1 is 1.39 bits per heavy atom. The van der Waals surface area contributed by atoms with E-state index in [1.54, 1.807) is 13.0 Å². The van der Waals surface area contributed by atoms with Gasteiger partial charge in [-0.3, -0.25) is 4.79 Å². The number of halogens is 5. The molecule has 1 saturated carbocycles. The van der Waals surface area contributed by atoms with Crippen molar-refractivity contribution in [1.82, 2.24) is 0 Å². The summed E-state index contributed by atoms with van der Waals surface area (Å²) < 4.78 is 47.5. The lowest BCUT2D eigenvalue weighted by atomic mass is 9.64. The van der Waals surface area contributed by atoms with Crippen molar-refractivity contribution in [3.05, 3.63) is 26.3 Å². The molecule has 0 spiro atoms. The van der Waals surface area contributed by atoms with Gasteiger partial charge in [0.25, 0.3) is 0 Å². The molecule has 1 fully saturated rings. The number of esters is 1. The summed E-state index contributed by atoms with van der Waals surface area (Å²) in [5.74, 6) is -0.341. The van der Waals surface area contributed by atoms with Crippen molar-refractivity contribution < 1.29 is 27.4 Å². The van der Waals surface area contributed by atoms with Crippen molar-refractivity contribution in [2.45, 2.75) is 37.8 Å². The van der Waals surface area contributed by atoms with Crippen LogP contribution >= 0.6 is 34.2 Å². The summed E-state index contributed by atoms with van der Waals surface area (Å²) in [6.07, 6.45) is -2.43. The van der Waals surface area contributed by atoms with E-state index in [4.69, 9.17) is 21.1 Å². The molecule has 0 atom stereocenters. The predicted molar refractivity (Wildman–Crippen MR) is 87.9 cm³/mol. The summed E-state index contributed by atoms with van der Waals surface area (Å²) >= 11 is 7.94. The summed E-state index contributed by atoms with van der Waals surface area (Å²) in [6, 6.07) is 3.08. The van der Waals surface area contributed by atoms with Crippen LogP contribution in [0.15, 0.2) is 12.1 Å². The molecule has 1 aliphatic rings. The van der Waals surface area contributed by atoms with Gasteiger partial charge in [0, 0.05) is 0 Å². The molecular formula is C15H15ClF3IO3. The van der Waals surface area contributed by atoms with Crippen LogP contribution in [-0.2, 0) is 14.9 Å². The zero-order valence-electron chi connectivity index (χ0n) is 12.3. The minimum Gasteiger partial charge on any atom is -0.483 e. The first-order valence-electron chi connectivity index (χ1n) is 7.06. The smallest absolute Gasteiger partial charge is 0.422 e. The third-order valence-corrected chi connectivity index (χ3v) is 5.54. The van der Waals surface area contributed by atoms with Crippen LogP contribution in [0, 0.1) is 3.57 Å². The first kappa shape index (κ1) is 18.6. The van der Waals surface area contributed by atoms with Crippen LogP contribution in [0.3, 0.4) is 0 Å². The van der Waals surface area contributed by atoms with Gasteiger partial charge in [0.15, 0.2) is 6.61 Å². The fourth-order valence-corrected chi connectivity index (χ4v) is 3.19. The highest BCUT2D eigenvalue weighted by molar-refractivity contribution is 14.1. The third-order valence-electron chi connectivity index (χ3n) is 3.81. The highest BCUT2D eigenvalue weighted by atomic mass is 127. The molecular weight excluding hydrogens is 448 g/mol. The van der Waals surface area contributed by atoms with E-state index in [1.165, 1.54) is 6.07 Å². The first-order valence-corrected chi connectivity index (χ1v) is 8.51. The van der Waals surface area contributed by atoms with Crippen molar-refractivity contribution in [2.75, 3.05) is 13.2 Å². The summed E-state index contributed by atoms with van der Waals surface area (Å²) in [5, 5.41) is 0.260. The molecule has 0 amide bonds. The largest absolute Gasteiger partial charge is 0.483 e. The summed E-state index contributed by atoms with van der Waals surface area (Å²) in [7, 11) is 0. The van der Waals surface area contributed by atoms with Crippen molar-refractivity contribution in [1.29, 1.82) is 0 Å². The van der Waals surface area contributed by atoms with Gasteiger partial charge >= 0.3 is 12.1 Å². The van der Waals surface area contributed by atoms with Crippen molar-refractivity contribution >= 4 is 40.2 Å². The van der Waals surface area contributed by atoms with Gasteiger partial charge in [-0.1, -0.05) is 18.0 Å². The Hall–Kier alpha value is -0.700. The lowest BCUT2D eigenvalue weighted by Gasteiger charge is -2.40. The Morgan fingerprint density at radius 2 is 2.04 bits per heavy atom. The Bertz CT molecular complexity index is 600. The van der Waals surface area contributed by atoms with Gasteiger partial charge in [-0.25, -0.2) is 0 Å². The highest BCUT2D eigenvalue weighted by Gasteiger charge is 2.47. The van der Waals surface area contributed by atoms with Crippen LogP contribution in [0.5, 0.6) is 5.75 Å². The molecule has 1 aromatic rings. The van der Waals surface area contributed by atoms with E-state index < -0.39 is 18.2 Å². The molecule has 128 valence electrons. The lowest BCUT2D eigenvalue weighted by molar-refractivity contribution is -0.155. The van der Waals surface area contributed by atoms with Gasteiger partial charge < -0.3 is 9.47 Å². The highest BCUT2D eigenvalue weighted by Crippen LogP contribution is 2.47. The van der Waals surface area contributed by atoms with Gasteiger partial charge in [0.1, 0.15) is 5.75 Å². The van der Waals surface area contributed by atoms with E-state index in [-0.39, 0.29) is 23.3 Å². The predicted octanol–water partition coefficient (Wildman–Crippen LogP) is 4.87. The van der Waals surface area contributed by atoms with Crippen LogP contribution in [-0.4, -0.2) is 25.4 Å². The third kappa shape index (κ3) is 4.04. The minimum atomic E-state index is -4.44. The molecule has 0 saturated heterocycles. The van der Waals surface area contributed by atoms with Gasteiger partial charge in [-0.2, -0.15) is 13.2 Å². The SMILES string of the molecule is CCOC(=O)C1(c2cc(Cl)c(I)c(OCC(F)(F)F)c2)CCC1. The number of alkyl halides is 3. The van der Waals surface area contributed by atoms with E-state index in [9.17, 15) is 18.0 Å². The maximum absolute atomic E-state index is 12.4. The molecule has 0 bridgehead atoms. The van der Waals surface area contributed by atoms with Crippen LogP contribution in [0.2, 0.25) is 5.02 Å². The van der Waals surface area contributed by atoms with Crippen LogP contribution < -0.4 is 4.74 Å². The van der Waals surface area contributed by atoms with Crippen LogP contribution in [0.4, 0.5) is 13.2 Å². The average Bonchev–Trinajstić information content (AvgIpc) is 2.39. The molecule has 0 aliphatic heterocycles. The Kier molecular flexibility index (Phi) is 5.71. The number of hydrogen-bond acceptors (Lipinski definition) is 3. The first-order chi connectivity index (χ1) is 10.7. The minimum absolute atomic E-state index is 0.0287. The van der Waals surface area contributed by atoms with Gasteiger partial charge in [-0.15, -0.1) is 0 Å². The molecule has 2 rings (SSSR count). The van der Waals surface area contributed by atoms with Gasteiger partial charge in [-0.05, 0) is 60.1 Å². The molecule has 1 aliphatic carbocycles. The van der Waals surface area contributed by atoms with E-state index in [2.05, 4.69) is 0 Å². The maximum atomic E-state index is 12.4. The average molecular weight is 463 g/mol. The fraction of sp³-hybridized carbons (Fsp3) is 0.533. The van der Waals surface area contributed by atoms with Crippen LogP contribution in [0.1, 0.15) is 31.7 Å². The van der Waals surface area contributed by atoms with E-state index in [0.717, 1.165) is 6.42 Å². The lowest BCUT2D eigenvalue weighted by Crippen LogP contribution is -2.43. The zero-order chi connectivity index (χ0) is 17.3. The van der Waals surface area contributed by atoms with E-state index >= 15 is 0 Å². The molecule has 8 heteroatoms. The zero-order valence-corrected chi connectivity index (χ0v) is 15.2. The Balaban J connectivity index is 2.35. The molecule has 0 N–H and O–H groups in total. The van der Waals surface area contributed by atoms with Gasteiger partial charge in [0.05, 0.1) is 20.6 Å². The second kappa shape index (κ2) is 7.04. The summed E-state index contributed by atoms with van der Waals surface area (Å²) in [6.45, 7) is 0.550. The van der Waals surface area contributed by atoms with Crippen molar-refractivity contribution in [2.24, 2.45) is 0 Å². The topological polar surface area (TPSA) is 35.5 Å². The molecule has 0 radical (unpaired) electrons. The van der Waals surface area contributed by atoms with E-state index in [0.29, 0.717) is 22.0 Å². The molecule has 1 aromatic carbocycles. The number of carbonyl (C=O) groups excluding carboxylic acids is 1. The number of ether oxygens (including phenoxy) is 2. The quantitative estimate of drug-likeness (QED) is 0.463. The van der Waals surface area contributed by atoms with Crippen LogP contribution in [0.25, 0.3) is 0 Å². The molecule has 23 heavy (non-hydrogen) atoms. The molecule has 0 aromatic heterocycles. The monoisotopic (exact) mass is 462 g/mol. The Morgan fingerprint density at radius 3 is 2.52 bits per heavy atom. The number of rotatable bonds is 5. The second-order valence-corrected chi connectivity index (χ2v) is 6.82. The van der Waals surface area contributed by atoms with Gasteiger partial charge in [0.2, 0.25) is 0 Å². The fourth-order valence-electron chi connectivity index (χ4n) is 2.51. The normalized spacial score (nSPS) is 16.6. The standard InChI is InChI=1S/C15H15ClF3IO3/c1-2-22-13(21)14(4-3-5-14)9-6-10(16)12(20)11(7-9)23-8-15(17,18)19/h6-7H,2-5,8H2,1H3. The number of carbonyl (C=O) groups is 1. The second-order valence-electron chi connectivity index (χ2n) is 5.33. The molecule has 0 heterocycles. The summed E-state index contributed by atoms with van der Waals surface area (Å²) in [5.41, 5.74) is -0.287.